The lowest BCUT2D eigenvalue weighted by Gasteiger charge is -2.29. The Morgan fingerprint density at radius 3 is 2.71 bits per heavy atom. The zero-order valence-corrected chi connectivity index (χ0v) is 12.2. The van der Waals surface area contributed by atoms with Gasteiger partial charge in [-0.3, -0.25) is 0 Å². The molecule has 1 aromatic rings. The summed E-state index contributed by atoms with van der Waals surface area (Å²) in [6.45, 7) is 3.31. The molecule has 1 aliphatic carbocycles. The topological polar surface area (TPSA) is 12.0 Å². The molecule has 94 valence electrons. The molecule has 2 heteroatoms. The van der Waals surface area contributed by atoms with Gasteiger partial charge < -0.3 is 5.32 Å². The summed E-state index contributed by atoms with van der Waals surface area (Å²) in [6.07, 6.45) is 6.75. The van der Waals surface area contributed by atoms with Crippen LogP contribution >= 0.6 is 15.9 Å². The highest BCUT2D eigenvalue weighted by atomic mass is 79.9. The summed E-state index contributed by atoms with van der Waals surface area (Å²) in [5.41, 5.74) is 1.48. The van der Waals surface area contributed by atoms with Crippen molar-refractivity contribution in [2.24, 2.45) is 5.92 Å². The Labute approximate surface area is 113 Å². The average molecular weight is 296 g/mol. The molecular weight excluding hydrogens is 274 g/mol. The van der Waals surface area contributed by atoms with Gasteiger partial charge in [-0.05, 0) is 49.4 Å². The molecule has 1 aromatic carbocycles. The summed E-state index contributed by atoms with van der Waals surface area (Å²) in [5, 5.41) is 3.60. The van der Waals surface area contributed by atoms with Crippen molar-refractivity contribution in [1.29, 1.82) is 0 Å². The first kappa shape index (κ1) is 13.1. The Kier molecular flexibility index (Phi) is 5.05. The summed E-state index contributed by atoms with van der Waals surface area (Å²) < 4.78 is 1.18. The van der Waals surface area contributed by atoms with Crippen molar-refractivity contribution < 1.29 is 0 Å². The van der Waals surface area contributed by atoms with Gasteiger partial charge in [0.25, 0.3) is 0 Å². The van der Waals surface area contributed by atoms with E-state index in [9.17, 15) is 0 Å². The fourth-order valence-corrected chi connectivity index (χ4v) is 3.17. The van der Waals surface area contributed by atoms with Crippen LogP contribution in [0, 0.1) is 5.92 Å². The van der Waals surface area contributed by atoms with Crippen molar-refractivity contribution in [1.82, 2.24) is 5.32 Å². The van der Waals surface area contributed by atoms with Gasteiger partial charge in [0.15, 0.2) is 0 Å². The van der Waals surface area contributed by atoms with Gasteiger partial charge in [0, 0.05) is 10.5 Å². The number of nitrogens with one attached hydrogen (secondary N) is 1. The van der Waals surface area contributed by atoms with Gasteiger partial charge in [0.05, 0.1) is 0 Å². The quantitative estimate of drug-likeness (QED) is 0.879. The number of hydrogen-bond donors (Lipinski definition) is 1. The van der Waals surface area contributed by atoms with Crippen molar-refractivity contribution >= 4 is 15.9 Å². The molecule has 1 saturated carbocycles. The van der Waals surface area contributed by atoms with E-state index in [0.717, 1.165) is 18.5 Å². The van der Waals surface area contributed by atoms with Crippen molar-refractivity contribution in [3.8, 4) is 0 Å². The van der Waals surface area contributed by atoms with E-state index in [1.807, 2.05) is 0 Å². The SMILES string of the molecule is CCNC1CCCC(Cc2ccc(Br)cc2)C1. The van der Waals surface area contributed by atoms with E-state index in [2.05, 4.69) is 52.4 Å². The molecule has 0 amide bonds. The molecule has 0 saturated heterocycles. The van der Waals surface area contributed by atoms with Crippen molar-refractivity contribution in [2.45, 2.75) is 45.1 Å². The minimum absolute atomic E-state index is 0.759. The average Bonchev–Trinajstić information content (AvgIpc) is 2.33. The maximum Gasteiger partial charge on any atom is 0.0175 e. The first-order chi connectivity index (χ1) is 8.28. The van der Waals surface area contributed by atoms with E-state index in [1.54, 1.807) is 0 Å². The highest BCUT2D eigenvalue weighted by molar-refractivity contribution is 9.10. The second kappa shape index (κ2) is 6.55. The smallest absolute Gasteiger partial charge is 0.0175 e. The molecule has 2 rings (SSSR count). The fraction of sp³-hybridized carbons (Fsp3) is 0.600. The maximum absolute atomic E-state index is 3.60. The zero-order chi connectivity index (χ0) is 12.1. The molecule has 0 bridgehead atoms. The lowest BCUT2D eigenvalue weighted by molar-refractivity contribution is 0.287. The van der Waals surface area contributed by atoms with E-state index < -0.39 is 0 Å². The predicted octanol–water partition coefficient (Wildman–Crippen LogP) is 4.16. The fourth-order valence-electron chi connectivity index (χ4n) is 2.90. The molecule has 2 unspecified atom stereocenters. The number of hydrogen-bond acceptors (Lipinski definition) is 1. The van der Waals surface area contributed by atoms with Crippen LogP contribution in [0.25, 0.3) is 0 Å². The molecule has 1 nitrogen and oxygen atoms in total. The van der Waals surface area contributed by atoms with E-state index in [0.29, 0.717) is 0 Å². The van der Waals surface area contributed by atoms with Gasteiger partial charge in [-0.1, -0.05) is 47.8 Å². The van der Waals surface area contributed by atoms with Crippen LogP contribution in [-0.2, 0) is 6.42 Å². The Morgan fingerprint density at radius 1 is 1.24 bits per heavy atom. The molecule has 17 heavy (non-hydrogen) atoms. The molecule has 0 radical (unpaired) electrons. The predicted molar refractivity (Wildman–Crippen MR) is 77.3 cm³/mol. The molecular formula is C15H22BrN. The summed E-state index contributed by atoms with van der Waals surface area (Å²) >= 11 is 3.49. The molecule has 1 fully saturated rings. The Morgan fingerprint density at radius 2 is 2.00 bits per heavy atom. The first-order valence-electron chi connectivity index (χ1n) is 6.75. The minimum atomic E-state index is 0.759. The molecule has 1 N–H and O–H groups in total. The van der Waals surface area contributed by atoms with Crippen molar-refractivity contribution in [3.05, 3.63) is 34.3 Å². The van der Waals surface area contributed by atoms with Crippen LogP contribution in [-0.4, -0.2) is 12.6 Å². The molecule has 0 aromatic heterocycles. The summed E-state index contributed by atoms with van der Waals surface area (Å²) in [7, 11) is 0. The lowest BCUT2D eigenvalue weighted by Crippen LogP contribution is -2.34. The highest BCUT2D eigenvalue weighted by Gasteiger charge is 2.21. The molecule has 0 aliphatic heterocycles. The van der Waals surface area contributed by atoms with Crippen LogP contribution in [0.2, 0.25) is 0 Å². The lowest BCUT2D eigenvalue weighted by atomic mass is 9.82. The van der Waals surface area contributed by atoms with Gasteiger partial charge in [-0.2, -0.15) is 0 Å². The first-order valence-corrected chi connectivity index (χ1v) is 7.55. The number of halogens is 1. The third-order valence-corrected chi connectivity index (χ3v) is 4.24. The molecule has 1 aliphatic rings. The van der Waals surface area contributed by atoms with E-state index in [4.69, 9.17) is 0 Å². The third-order valence-electron chi connectivity index (χ3n) is 3.71. The van der Waals surface area contributed by atoms with Crippen molar-refractivity contribution in [3.63, 3.8) is 0 Å². The van der Waals surface area contributed by atoms with Crippen LogP contribution in [0.1, 0.15) is 38.2 Å². The molecule has 0 heterocycles. The molecule has 0 spiro atoms. The Hall–Kier alpha value is -0.340. The number of rotatable bonds is 4. The van der Waals surface area contributed by atoms with Crippen LogP contribution in [0.3, 0.4) is 0 Å². The standard InChI is InChI=1S/C15H22BrN/c1-2-17-15-5-3-4-13(11-15)10-12-6-8-14(16)9-7-12/h6-9,13,15,17H,2-5,10-11H2,1H3. The second-order valence-electron chi connectivity index (χ2n) is 5.12. The zero-order valence-electron chi connectivity index (χ0n) is 10.6. The van der Waals surface area contributed by atoms with Crippen LogP contribution in [0.15, 0.2) is 28.7 Å². The maximum atomic E-state index is 3.60. The summed E-state index contributed by atoms with van der Waals surface area (Å²) in [5.74, 6) is 0.869. The van der Waals surface area contributed by atoms with Crippen LogP contribution in [0.4, 0.5) is 0 Å². The van der Waals surface area contributed by atoms with Gasteiger partial charge in [-0.25, -0.2) is 0 Å². The van der Waals surface area contributed by atoms with Gasteiger partial charge in [0.2, 0.25) is 0 Å². The Balaban J connectivity index is 1.87. The van der Waals surface area contributed by atoms with Gasteiger partial charge >= 0.3 is 0 Å². The van der Waals surface area contributed by atoms with E-state index in [1.165, 1.54) is 42.1 Å². The normalized spacial score (nSPS) is 24.8. The van der Waals surface area contributed by atoms with E-state index >= 15 is 0 Å². The van der Waals surface area contributed by atoms with E-state index in [-0.39, 0.29) is 0 Å². The number of benzene rings is 1. The van der Waals surface area contributed by atoms with Gasteiger partial charge in [0.1, 0.15) is 0 Å². The Bertz CT molecular complexity index is 331. The summed E-state index contributed by atoms with van der Waals surface area (Å²) in [6, 6.07) is 9.57. The largest absolute Gasteiger partial charge is 0.314 e. The second-order valence-corrected chi connectivity index (χ2v) is 6.03. The highest BCUT2D eigenvalue weighted by Crippen LogP contribution is 2.27. The minimum Gasteiger partial charge on any atom is -0.314 e. The monoisotopic (exact) mass is 295 g/mol. The third kappa shape index (κ3) is 4.11. The summed E-state index contributed by atoms with van der Waals surface area (Å²) in [4.78, 5) is 0. The van der Waals surface area contributed by atoms with Crippen LogP contribution in [0.5, 0.6) is 0 Å². The molecule has 2 atom stereocenters. The van der Waals surface area contributed by atoms with Crippen LogP contribution < -0.4 is 5.32 Å². The van der Waals surface area contributed by atoms with Gasteiger partial charge in [-0.15, -0.1) is 0 Å². The van der Waals surface area contributed by atoms with Crippen molar-refractivity contribution in [2.75, 3.05) is 6.54 Å².